The van der Waals surface area contributed by atoms with E-state index in [1.807, 2.05) is 55.5 Å². The fourth-order valence-corrected chi connectivity index (χ4v) is 4.04. The molecule has 0 spiro atoms. The first-order chi connectivity index (χ1) is 16.0. The molecule has 6 nitrogen and oxygen atoms in total. The summed E-state index contributed by atoms with van der Waals surface area (Å²) in [7, 11) is 0. The van der Waals surface area contributed by atoms with E-state index in [1.54, 1.807) is 25.1 Å². The first-order valence-corrected chi connectivity index (χ1v) is 10.8. The van der Waals surface area contributed by atoms with Crippen molar-refractivity contribution in [1.29, 1.82) is 0 Å². The van der Waals surface area contributed by atoms with Crippen LogP contribution in [0, 0.1) is 6.92 Å². The van der Waals surface area contributed by atoms with E-state index in [9.17, 15) is 9.59 Å². The van der Waals surface area contributed by atoms with Gasteiger partial charge in [-0.1, -0.05) is 42.5 Å². The number of fused-ring (bicyclic) bond motifs is 2. The van der Waals surface area contributed by atoms with Gasteiger partial charge in [-0.05, 0) is 43.7 Å². The number of nitrogens with one attached hydrogen (secondary N) is 1. The van der Waals surface area contributed by atoms with Gasteiger partial charge in [-0.15, -0.1) is 0 Å². The van der Waals surface area contributed by atoms with Gasteiger partial charge < -0.3 is 19.2 Å². The highest BCUT2D eigenvalue weighted by molar-refractivity contribution is 6.05. The number of carbonyl (C=O) groups excluding carboxylic acids is 1. The monoisotopic (exact) mass is 441 g/mol. The van der Waals surface area contributed by atoms with Crippen molar-refractivity contribution in [1.82, 2.24) is 5.32 Å². The van der Waals surface area contributed by atoms with Crippen LogP contribution in [0.4, 0.5) is 0 Å². The molecule has 166 valence electrons. The number of hydrogen-bond donors (Lipinski definition) is 1. The van der Waals surface area contributed by atoms with Crippen molar-refractivity contribution in [3.8, 4) is 22.8 Å². The molecule has 4 aromatic rings. The lowest BCUT2D eigenvalue weighted by Gasteiger charge is -2.21. The third-order valence-electron chi connectivity index (χ3n) is 5.84. The zero-order valence-corrected chi connectivity index (χ0v) is 18.4. The highest BCUT2D eigenvalue weighted by atomic mass is 16.6. The molecule has 1 atom stereocenters. The molecular weight excluding hydrogens is 418 g/mol. The Morgan fingerprint density at radius 2 is 1.70 bits per heavy atom. The molecule has 1 amide bonds. The Hall–Kier alpha value is -4.06. The molecular formula is C27H23NO5. The minimum atomic E-state index is -0.325. The van der Waals surface area contributed by atoms with E-state index < -0.39 is 0 Å². The van der Waals surface area contributed by atoms with Crippen LogP contribution < -0.4 is 20.2 Å². The van der Waals surface area contributed by atoms with Crippen LogP contribution in [0.3, 0.4) is 0 Å². The quantitative estimate of drug-likeness (QED) is 0.481. The highest BCUT2D eigenvalue weighted by Gasteiger charge is 2.21. The van der Waals surface area contributed by atoms with Crippen molar-refractivity contribution < 1.29 is 18.7 Å². The van der Waals surface area contributed by atoms with E-state index >= 15 is 0 Å². The average molecular weight is 441 g/mol. The minimum Gasteiger partial charge on any atom is -0.486 e. The van der Waals surface area contributed by atoms with Gasteiger partial charge in [0.15, 0.2) is 22.5 Å². The summed E-state index contributed by atoms with van der Waals surface area (Å²) in [6, 6.07) is 19.8. The third kappa shape index (κ3) is 3.84. The Balaban J connectivity index is 1.51. The molecule has 1 aromatic heterocycles. The van der Waals surface area contributed by atoms with E-state index in [4.69, 9.17) is 13.9 Å². The third-order valence-corrected chi connectivity index (χ3v) is 5.84. The van der Waals surface area contributed by atoms with Crippen LogP contribution in [0.2, 0.25) is 0 Å². The molecule has 2 heterocycles. The second-order valence-electron chi connectivity index (χ2n) is 8.03. The van der Waals surface area contributed by atoms with Crippen molar-refractivity contribution in [2.45, 2.75) is 19.9 Å². The van der Waals surface area contributed by atoms with Gasteiger partial charge in [0.1, 0.15) is 19.0 Å². The van der Waals surface area contributed by atoms with E-state index in [0.717, 1.165) is 11.1 Å². The smallest absolute Gasteiger partial charge is 0.255 e. The molecule has 1 aliphatic rings. The molecule has 33 heavy (non-hydrogen) atoms. The van der Waals surface area contributed by atoms with Gasteiger partial charge in [0.05, 0.1) is 17.0 Å². The predicted octanol–water partition coefficient (Wildman–Crippen LogP) is 5.03. The predicted molar refractivity (Wildman–Crippen MR) is 126 cm³/mol. The Morgan fingerprint density at radius 1 is 0.939 bits per heavy atom. The van der Waals surface area contributed by atoms with E-state index in [-0.39, 0.29) is 23.0 Å². The first kappa shape index (κ1) is 20.8. The van der Waals surface area contributed by atoms with Crippen molar-refractivity contribution in [2.24, 2.45) is 0 Å². The summed E-state index contributed by atoms with van der Waals surface area (Å²) in [6.07, 6.45) is 0. The van der Waals surface area contributed by atoms with Crippen LogP contribution in [0.1, 0.15) is 34.5 Å². The summed E-state index contributed by atoms with van der Waals surface area (Å²) in [5.74, 6) is 1.50. The first-order valence-electron chi connectivity index (χ1n) is 10.8. The van der Waals surface area contributed by atoms with Gasteiger partial charge in [-0.3, -0.25) is 9.59 Å². The van der Waals surface area contributed by atoms with Crippen molar-refractivity contribution >= 4 is 16.9 Å². The number of amides is 1. The highest BCUT2D eigenvalue weighted by Crippen LogP contribution is 2.33. The lowest BCUT2D eigenvalue weighted by molar-refractivity contribution is 0.0940. The molecule has 1 N–H and O–H groups in total. The van der Waals surface area contributed by atoms with Gasteiger partial charge >= 0.3 is 0 Å². The van der Waals surface area contributed by atoms with Crippen LogP contribution in [-0.2, 0) is 0 Å². The zero-order valence-electron chi connectivity index (χ0n) is 18.4. The number of rotatable bonds is 4. The number of para-hydroxylation sites is 1. The van der Waals surface area contributed by atoms with Gasteiger partial charge in [0.25, 0.3) is 5.91 Å². The van der Waals surface area contributed by atoms with Gasteiger partial charge in [-0.2, -0.15) is 0 Å². The van der Waals surface area contributed by atoms with Crippen molar-refractivity contribution in [3.05, 3.63) is 93.6 Å². The summed E-state index contributed by atoms with van der Waals surface area (Å²) < 4.78 is 17.4. The standard InChI is InChI=1S/C27H23NO5/c1-16-24(29)20-9-6-10-21(26(20)33-25(16)18-7-4-3-5-8-18)27(30)28-17(2)19-11-12-22-23(15-19)32-14-13-31-22/h3-12,15,17H,13-14H2,1-2H3,(H,28,30). The second kappa shape index (κ2) is 8.47. The fraction of sp³-hybridized carbons (Fsp3) is 0.185. The summed E-state index contributed by atoms with van der Waals surface area (Å²) in [6.45, 7) is 4.65. The van der Waals surface area contributed by atoms with E-state index in [0.29, 0.717) is 47.0 Å². The second-order valence-corrected chi connectivity index (χ2v) is 8.03. The largest absolute Gasteiger partial charge is 0.486 e. The number of carbonyl (C=O) groups is 1. The maximum Gasteiger partial charge on any atom is 0.255 e. The molecule has 6 heteroatoms. The lowest BCUT2D eigenvalue weighted by atomic mass is 10.0. The van der Waals surface area contributed by atoms with Crippen LogP contribution in [0.5, 0.6) is 11.5 Å². The number of hydrogen-bond acceptors (Lipinski definition) is 5. The topological polar surface area (TPSA) is 77.8 Å². The average Bonchev–Trinajstić information content (AvgIpc) is 2.86. The maximum atomic E-state index is 13.2. The maximum absolute atomic E-state index is 13.2. The molecule has 0 saturated heterocycles. The Labute approximate surface area is 190 Å². The molecule has 0 bridgehead atoms. The molecule has 0 fully saturated rings. The molecule has 1 aliphatic heterocycles. The van der Waals surface area contributed by atoms with Crippen LogP contribution in [0.25, 0.3) is 22.3 Å². The Bertz CT molecular complexity index is 1410. The zero-order chi connectivity index (χ0) is 22.9. The fourth-order valence-electron chi connectivity index (χ4n) is 4.04. The summed E-state index contributed by atoms with van der Waals surface area (Å²) in [5.41, 5.74) is 2.62. The Morgan fingerprint density at radius 3 is 2.48 bits per heavy atom. The Kier molecular flexibility index (Phi) is 5.34. The van der Waals surface area contributed by atoms with Gasteiger partial charge in [-0.25, -0.2) is 0 Å². The minimum absolute atomic E-state index is 0.148. The van der Waals surface area contributed by atoms with Gasteiger partial charge in [0, 0.05) is 11.1 Å². The van der Waals surface area contributed by atoms with Crippen LogP contribution in [0.15, 0.2) is 75.9 Å². The molecule has 1 unspecified atom stereocenters. The van der Waals surface area contributed by atoms with E-state index in [2.05, 4.69) is 5.32 Å². The summed E-state index contributed by atoms with van der Waals surface area (Å²) in [4.78, 5) is 26.3. The van der Waals surface area contributed by atoms with E-state index in [1.165, 1.54) is 0 Å². The molecule has 0 radical (unpaired) electrons. The summed E-state index contributed by atoms with van der Waals surface area (Å²) in [5, 5.41) is 3.39. The van der Waals surface area contributed by atoms with Crippen LogP contribution >= 0.6 is 0 Å². The molecule has 0 saturated carbocycles. The molecule has 5 rings (SSSR count). The summed E-state index contributed by atoms with van der Waals surface area (Å²) >= 11 is 0. The molecule has 3 aromatic carbocycles. The van der Waals surface area contributed by atoms with Crippen LogP contribution in [-0.4, -0.2) is 19.1 Å². The number of benzene rings is 3. The number of ether oxygens (including phenoxy) is 2. The van der Waals surface area contributed by atoms with Gasteiger partial charge in [0.2, 0.25) is 0 Å². The normalized spacial score (nSPS) is 13.5. The molecule has 0 aliphatic carbocycles. The van der Waals surface area contributed by atoms with Crippen molar-refractivity contribution in [2.75, 3.05) is 13.2 Å². The lowest BCUT2D eigenvalue weighted by Crippen LogP contribution is -2.27. The SMILES string of the molecule is Cc1c(-c2ccccc2)oc2c(C(=O)NC(C)c3ccc4c(c3)OCCO4)cccc2c1=O. The van der Waals surface area contributed by atoms with Crippen molar-refractivity contribution in [3.63, 3.8) is 0 Å².